The molecule has 1 aliphatic heterocycles. The lowest BCUT2D eigenvalue weighted by Crippen LogP contribution is -2.54. The maximum Gasteiger partial charge on any atom is 0.409 e. The summed E-state index contributed by atoms with van der Waals surface area (Å²) in [6, 6.07) is 6.86. The van der Waals surface area contributed by atoms with Crippen molar-refractivity contribution in [2.45, 2.75) is 39.8 Å². The van der Waals surface area contributed by atoms with Crippen molar-refractivity contribution in [3.8, 4) is 11.3 Å². The van der Waals surface area contributed by atoms with Crippen LogP contribution in [0.1, 0.15) is 38.1 Å². The summed E-state index contributed by atoms with van der Waals surface area (Å²) in [5.74, 6) is 0.100. The number of hydrogen-bond donors (Lipinski definition) is 0. The molecule has 0 spiro atoms. The van der Waals surface area contributed by atoms with Crippen LogP contribution in [0, 0.1) is 12.7 Å². The van der Waals surface area contributed by atoms with E-state index in [9.17, 15) is 9.18 Å². The van der Waals surface area contributed by atoms with Gasteiger partial charge in [0.15, 0.2) is 5.76 Å². The van der Waals surface area contributed by atoms with Gasteiger partial charge in [-0.15, -0.1) is 0 Å². The number of aryl methyl sites for hydroxylation is 1. The third-order valence-corrected chi connectivity index (χ3v) is 5.05. The van der Waals surface area contributed by atoms with E-state index in [1.54, 1.807) is 30.0 Å². The van der Waals surface area contributed by atoms with Crippen LogP contribution in [0.2, 0.25) is 0 Å². The lowest BCUT2D eigenvalue weighted by atomic mass is 10.1. The molecule has 0 aliphatic carbocycles. The molecular formula is C20H26FN3O3. The average Bonchev–Trinajstić information content (AvgIpc) is 3.13. The zero-order valence-corrected chi connectivity index (χ0v) is 16.2. The number of rotatable bonds is 4. The van der Waals surface area contributed by atoms with Crippen LogP contribution in [0.25, 0.3) is 11.3 Å². The Morgan fingerprint density at radius 3 is 2.89 bits per heavy atom. The summed E-state index contributed by atoms with van der Waals surface area (Å²) in [5, 5.41) is 4.17. The van der Waals surface area contributed by atoms with Gasteiger partial charge in [0.25, 0.3) is 0 Å². The fourth-order valence-electron chi connectivity index (χ4n) is 3.54. The molecule has 1 fully saturated rings. The Bertz CT molecular complexity index is 808. The van der Waals surface area contributed by atoms with Crippen LogP contribution in [0.3, 0.4) is 0 Å². The highest BCUT2D eigenvalue weighted by atomic mass is 19.1. The van der Waals surface area contributed by atoms with Gasteiger partial charge in [-0.05, 0) is 39.8 Å². The molecule has 1 amide bonds. The number of benzene rings is 1. The Labute approximate surface area is 158 Å². The van der Waals surface area contributed by atoms with E-state index in [0.717, 1.165) is 11.3 Å². The summed E-state index contributed by atoms with van der Waals surface area (Å²) >= 11 is 0. The van der Waals surface area contributed by atoms with Crippen molar-refractivity contribution in [3.63, 3.8) is 0 Å². The molecule has 0 N–H and O–H groups in total. The zero-order chi connectivity index (χ0) is 19.6. The predicted molar refractivity (Wildman–Crippen MR) is 99.8 cm³/mol. The van der Waals surface area contributed by atoms with Gasteiger partial charge in [-0.25, -0.2) is 9.18 Å². The number of hydrogen-bond acceptors (Lipinski definition) is 5. The fourth-order valence-corrected chi connectivity index (χ4v) is 3.54. The molecule has 0 radical (unpaired) electrons. The van der Waals surface area contributed by atoms with Crippen LogP contribution in [-0.4, -0.2) is 53.3 Å². The SMILES string of the molecule is CCOC(=O)N1CCN(C(C)c2cc(-c3cc(C)ccc3F)on2)[C@H](C)C1. The second-order valence-electron chi connectivity index (χ2n) is 7.01. The first-order chi connectivity index (χ1) is 12.9. The quantitative estimate of drug-likeness (QED) is 0.808. The van der Waals surface area contributed by atoms with Gasteiger partial charge in [0.05, 0.1) is 18.2 Å². The molecule has 1 unspecified atom stereocenters. The molecule has 7 heteroatoms. The van der Waals surface area contributed by atoms with Crippen molar-refractivity contribution in [2.75, 3.05) is 26.2 Å². The van der Waals surface area contributed by atoms with Gasteiger partial charge >= 0.3 is 6.09 Å². The Morgan fingerprint density at radius 2 is 2.19 bits per heavy atom. The first-order valence-corrected chi connectivity index (χ1v) is 9.31. The summed E-state index contributed by atoms with van der Waals surface area (Å²) < 4.78 is 24.6. The fraction of sp³-hybridized carbons (Fsp3) is 0.500. The van der Waals surface area contributed by atoms with Crippen LogP contribution in [0.5, 0.6) is 0 Å². The van der Waals surface area contributed by atoms with Gasteiger partial charge in [0.1, 0.15) is 11.5 Å². The lowest BCUT2D eigenvalue weighted by molar-refractivity contribution is 0.0390. The van der Waals surface area contributed by atoms with Crippen LogP contribution >= 0.6 is 0 Å². The summed E-state index contributed by atoms with van der Waals surface area (Å²) in [7, 11) is 0. The van der Waals surface area contributed by atoms with Gasteiger partial charge in [-0.3, -0.25) is 4.90 Å². The van der Waals surface area contributed by atoms with Gasteiger partial charge in [-0.1, -0.05) is 16.8 Å². The number of amides is 1. The van der Waals surface area contributed by atoms with E-state index in [2.05, 4.69) is 17.0 Å². The number of piperazine rings is 1. The monoisotopic (exact) mass is 375 g/mol. The normalized spacial score (nSPS) is 19.1. The Morgan fingerprint density at radius 1 is 1.41 bits per heavy atom. The number of ether oxygens (including phenoxy) is 1. The molecule has 2 heterocycles. The van der Waals surface area contributed by atoms with E-state index in [1.165, 1.54) is 6.07 Å². The lowest BCUT2D eigenvalue weighted by Gasteiger charge is -2.41. The molecule has 27 heavy (non-hydrogen) atoms. The summed E-state index contributed by atoms with van der Waals surface area (Å²) in [5.41, 5.74) is 2.13. The molecule has 6 nitrogen and oxygen atoms in total. The molecule has 146 valence electrons. The Hall–Kier alpha value is -2.41. The molecule has 0 bridgehead atoms. The zero-order valence-electron chi connectivity index (χ0n) is 16.2. The second-order valence-corrected chi connectivity index (χ2v) is 7.01. The van der Waals surface area contributed by atoms with E-state index in [1.807, 2.05) is 13.8 Å². The van der Waals surface area contributed by atoms with E-state index >= 15 is 0 Å². The number of carbonyl (C=O) groups excluding carboxylic acids is 1. The smallest absolute Gasteiger partial charge is 0.409 e. The van der Waals surface area contributed by atoms with Crippen molar-refractivity contribution in [3.05, 3.63) is 41.3 Å². The third kappa shape index (κ3) is 4.13. The molecule has 2 aromatic rings. The molecule has 0 saturated carbocycles. The number of nitrogens with zero attached hydrogens (tertiary/aromatic N) is 3. The molecule has 1 aromatic carbocycles. The van der Waals surface area contributed by atoms with Crippen LogP contribution < -0.4 is 0 Å². The molecule has 3 rings (SSSR count). The van der Waals surface area contributed by atoms with Crippen molar-refractivity contribution < 1.29 is 18.4 Å². The van der Waals surface area contributed by atoms with Crippen molar-refractivity contribution in [1.82, 2.24) is 15.0 Å². The molecule has 2 atom stereocenters. The second kappa shape index (κ2) is 8.08. The van der Waals surface area contributed by atoms with Gasteiger partial charge in [0, 0.05) is 31.7 Å². The van der Waals surface area contributed by atoms with E-state index < -0.39 is 0 Å². The third-order valence-electron chi connectivity index (χ3n) is 5.05. The van der Waals surface area contributed by atoms with Gasteiger partial charge in [-0.2, -0.15) is 0 Å². The van der Waals surface area contributed by atoms with Crippen molar-refractivity contribution in [1.29, 1.82) is 0 Å². The van der Waals surface area contributed by atoms with Crippen molar-refractivity contribution >= 4 is 6.09 Å². The first kappa shape index (κ1) is 19.4. The summed E-state index contributed by atoms with van der Waals surface area (Å²) in [4.78, 5) is 15.9. The average molecular weight is 375 g/mol. The standard InChI is InChI=1S/C20H26FN3O3/c1-5-26-20(25)23-8-9-24(14(3)12-23)15(4)18-11-19(27-22-18)16-10-13(2)6-7-17(16)21/h6-7,10-11,14-15H,5,8-9,12H2,1-4H3/t14-,15?/m1/s1. The van der Waals surface area contributed by atoms with Gasteiger partial charge < -0.3 is 14.2 Å². The van der Waals surface area contributed by atoms with E-state index in [4.69, 9.17) is 9.26 Å². The molecule has 1 aliphatic rings. The Kier molecular flexibility index (Phi) is 5.79. The molecule has 1 aromatic heterocycles. The minimum absolute atomic E-state index is 0.00489. The van der Waals surface area contributed by atoms with Crippen LogP contribution in [0.4, 0.5) is 9.18 Å². The van der Waals surface area contributed by atoms with Crippen LogP contribution in [-0.2, 0) is 4.74 Å². The maximum absolute atomic E-state index is 14.1. The minimum atomic E-state index is -0.327. The number of carbonyl (C=O) groups is 1. The largest absolute Gasteiger partial charge is 0.450 e. The highest BCUT2D eigenvalue weighted by molar-refractivity contribution is 5.67. The maximum atomic E-state index is 14.1. The predicted octanol–water partition coefficient (Wildman–Crippen LogP) is 4.01. The first-order valence-electron chi connectivity index (χ1n) is 9.31. The van der Waals surface area contributed by atoms with E-state index in [0.29, 0.717) is 37.6 Å². The van der Waals surface area contributed by atoms with Crippen LogP contribution in [0.15, 0.2) is 28.8 Å². The highest BCUT2D eigenvalue weighted by Gasteiger charge is 2.32. The molecule has 1 saturated heterocycles. The van der Waals surface area contributed by atoms with E-state index in [-0.39, 0.29) is 24.0 Å². The molecular weight excluding hydrogens is 349 g/mol. The number of halogens is 1. The van der Waals surface area contributed by atoms with Gasteiger partial charge in [0.2, 0.25) is 0 Å². The minimum Gasteiger partial charge on any atom is -0.450 e. The number of aromatic nitrogens is 1. The summed E-state index contributed by atoms with van der Waals surface area (Å²) in [6.07, 6.45) is -0.268. The highest BCUT2D eigenvalue weighted by Crippen LogP contribution is 2.30. The summed E-state index contributed by atoms with van der Waals surface area (Å²) in [6.45, 7) is 10.1. The topological polar surface area (TPSA) is 58.8 Å². The Balaban J connectivity index is 1.72. The van der Waals surface area contributed by atoms with Crippen molar-refractivity contribution in [2.24, 2.45) is 0 Å².